The van der Waals surface area contributed by atoms with Gasteiger partial charge in [-0.15, -0.1) is 0 Å². The molecule has 6 nitrogen and oxygen atoms in total. The van der Waals surface area contributed by atoms with Gasteiger partial charge < -0.3 is 10.2 Å². The van der Waals surface area contributed by atoms with Crippen molar-refractivity contribution in [3.8, 4) is 6.07 Å². The normalized spacial score (nSPS) is 14.6. The van der Waals surface area contributed by atoms with Crippen molar-refractivity contribution in [2.24, 2.45) is 0 Å². The number of carbonyl (C=O) groups excluding carboxylic acids is 2. The van der Waals surface area contributed by atoms with E-state index in [4.69, 9.17) is 5.26 Å². The van der Waals surface area contributed by atoms with Crippen LogP contribution in [-0.2, 0) is 9.59 Å². The fourth-order valence-corrected chi connectivity index (χ4v) is 3.00. The number of rotatable bonds is 5. The van der Waals surface area contributed by atoms with Crippen molar-refractivity contribution in [3.05, 3.63) is 71.6 Å². The lowest BCUT2D eigenvalue weighted by Gasteiger charge is -2.33. The standard InChI is InChI=1S/C22H21FN4O2/c23-19-6-8-20(9-7-19)25-21(28)16-26-11-13-27(14-12-26)22(29)10-5-17-1-3-18(15-24)4-2-17/h1-10H,11-14,16H2,(H,25,28)/b10-5+. The van der Waals surface area contributed by atoms with Crippen LogP contribution in [0.5, 0.6) is 0 Å². The third-order valence-electron chi connectivity index (χ3n) is 4.64. The number of halogens is 1. The zero-order valence-corrected chi connectivity index (χ0v) is 15.8. The Balaban J connectivity index is 1.43. The first-order valence-electron chi connectivity index (χ1n) is 9.28. The predicted octanol–water partition coefficient (Wildman–Crippen LogP) is 2.49. The molecule has 0 aromatic heterocycles. The molecule has 1 aliphatic rings. The molecule has 1 heterocycles. The first-order chi connectivity index (χ1) is 14.0. The molecule has 0 atom stereocenters. The van der Waals surface area contributed by atoms with Crippen LogP contribution in [0.15, 0.2) is 54.6 Å². The molecule has 3 rings (SSSR count). The Hall–Kier alpha value is -3.50. The van der Waals surface area contributed by atoms with Crippen molar-refractivity contribution in [3.63, 3.8) is 0 Å². The zero-order valence-electron chi connectivity index (χ0n) is 15.8. The van der Waals surface area contributed by atoms with E-state index in [1.54, 1.807) is 35.2 Å². The quantitative estimate of drug-likeness (QED) is 0.794. The summed E-state index contributed by atoms with van der Waals surface area (Å²) in [6.45, 7) is 2.52. The number of anilines is 1. The second kappa shape index (κ2) is 9.62. The van der Waals surface area contributed by atoms with E-state index in [1.165, 1.54) is 30.3 Å². The topological polar surface area (TPSA) is 76.4 Å². The van der Waals surface area contributed by atoms with Gasteiger partial charge in [0.25, 0.3) is 0 Å². The van der Waals surface area contributed by atoms with E-state index in [0.717, 1.165) is 5.56 Å². The fraction of sp³-hybridized carbons (Fsp3) is 0.227. The van der Waals surface area contributed by atoms with Crippen molar-refractivity contribution >= 4 is 23.6 Å². The Morgan fingerprint density at radius 1 is 1.03 bits per heavy atom. The van der Waals surface area contributed by atoms with Crippen LogP contribution in [0.4, 0.5) is 10.1 Å². The highest BCUT2D eigenvalue weighted by molar-refractivity contribution is 5.93. The molecule has 1 aliphatic heterocycles. The predicted molar refractivity (Wildman–Crippen MR) is 108 cm³/mol. The molecule has 0 radical (unpaired) electrons. The highest BCUT2D eigenvalue weighted by atomic mass is 19.1. The molecule has 0 spiro atoms. The number of piperazine rings is 1. The van der Waals surface area contributed by atoms with Crippen LogP contribution in [0.25, 0.3) is 6.08 Å². The maximum Gasteiger partial charge on any atom is 0.246 e. The van der Waals surface area contributed by atoms with Gasteiger partial charge in [-0.05, 0) is 48.0 Å². The van der Waals surface area contributed by atoms with Crippen LogP contribution in [0.1, 0.15) is 11.1 Å². The molecule has 1 N–H and O–H groups in total. The summed E-state index contributed by atoms with van der Waals surface area (Å²) in [7, 11) is 0. The molecule has 0 saturated carbocycles. The van der Waals surface area contributed by atoms with Crippen molar-refractivity contribution in [2.75, 3.05) is 38.0 Å². The summed E-state index contributed by atoms with van der Waals surface area (Å²) in [6, 6.07) is 14.7. The van der Waals surface area contributed by atoms with Gasteiger partial charge in [-0.25, -0.2) is 4.39 Å². The molecular formula is C22H21FN4O2. The third kappa shape index (κ3) is 5.99. The molecule has 29 heavy (non-hydrogen) atoms. The molecule has 0 aliphatic carbocycles. The Kier molecular flexibility index (Phi) is 6.72. The van der Waals surface area contributed by atoms with Crippen molar-refractivity contribution in [1.82, 2.24) is 9.80 Å². The summed E-state index contributed by atoms with van der Waals surface area (Å²) in [4.78, 5) is 28.2. The van der Waals surface area contributed by atoms with Gasteiger partial charge in [0.2, 0.25) is 11.8 Å². The average molecular weight is 392 g/mol. The number of benzene rings is 2. The Morgan fingerprint density at radius 2 is 1.69 bits per heavy atom. The van der Waals surface area contributed by atoms with Gasteiger partial charge in [-0.3, -0.25) is 14.5 Å². The van der Waals surface area contributed by atoms with Crippen LogP contribution in [0, 0.1) is 17.1 Å². The van der Waals surface area contributed by atoms with Gasteiger partial charge in [0, 0.05) is 37.9 Å². The largest absolute Gasteiger partial charge is 0.337 e. The maximum atomic E-state index is 12.9. The van der Waals surface area contributed by atoms with Crippen molar-refractivity contribution < 1.29 is 14.0 Å². The number of nitrogens with one attached hydrogen (secondary N) is 1. The Morgan fingerprint density at radius 3 is 2.31 bits per heavy atom. The number of hydrogen-bond donors (Lipinski definition) is 1. The molecule has 2 aromatic carbocycles. The lowest BCUT2D eigenvalue weighted by Crippen LogP contribution is -2.50. The first kappa shape index (κ1) is 20.2. The van der Waals surface area contributed by atoms with Crippen LogP contribution >= 0.6 is 0 Å². The van der Waals surface area contributed by atoms with E-state index >= 15 is 0 Å². The Bertz CT molecular complexity index is 925. The minimum atomic E-state index is -0.350. The maximum absolute atomic E-state index is 12.9. The molecule has 0 bridgehead atoms. The van der Waals surface area contributed by atoms with Gasteiger partial charge in [-0.2, -0.15) is 5.26 Å². The number of nitriles is 1. The lowest BCUT2D eigenvalue weighted by molar-refractivity contribution is -0.127. The highest BCUT2D eigenvalue weighted by Gasteiger charge is 2.21. The van der Waals surface area contributed by atoms with Gasteiger partial charge >= 0.3 is 0 Å². The van der Waals surface area contributed by atoms with Crippen LogP contribution in [0.2, 0.25) is 0 Å². The van der Waals surface area contributed by atoms with Gasteiger partial charge in [0.15, 0.2) is 0 Å². The second-order valence-electron chi connectivity index (χ2n) is 6.72. The summed E-state index contributed by atoms with van der Waals surface area (Å²) in [5.74, 6) is -0.598. The number of nitrogens with zero attached hydrogens (tertiary/aromatic N) is 3. The number of carbonyl (C=O) groups is 2. The van der Waals surface area contributed by atoms with Crippen LogP contribution < -0.4 is 5.32 Å². The minimum Gasteiger partial charge on any atom is -0.337 e. The summed E-state index contributed by atoms with van der Waals surface area (Å²) in [6.07, 6.45) is 3.25. The second-order valence-corrected chi connectivity index (χ2v) is 6.72. The van der Waals surface area contributed by atoms with E-state index in [1.807, 2.05) is 4.90 Å². The van der Waals surface area contributed by atoms with Gasteiger partial charge in [-0.1, -0.05) is 12.1 Å². The minimum absolute atomic E-state index is 0.0789. The summed E-state index contributed by atoms with van der Waals surface area (Å²) < 4.78 is 12.9. The molecule has 7 heteroatoms. The van der Waals surface area contributed by atoms with Gasteiger partial charge in [0.1, 0.15) is 5.82 Å². The molecule has 2 amide bonds. The number of hydrogen-bond acceptors (Lipinski definition) is 4. The van der Waals surface area contributed by atoms with E-state index < -0.39 is 0 Å². The van der Waals surface area contributed by atoms with Crippen molar-refractivity contribution in [1.29, 1.82) is 5.26 Å². The van der Waals surface area contributed by atoms with E-state index in [2.05, 4.69) is 11.4 Å². The molecule has 1 fully saturated rings. The molecular weight excluding hydrogens is 371 g/mol. The Labute approximate surface area is 168 Å². The van der Waals surface area contributed by atoms with Crippen LogP contribution in [0.3, 0.4) is 0 Å². The molecule has 1 saturated heterocycles. The SMILES string of the molecule is N#Cc1ccc(/C=C/C(=O)N2CCN(CC(=O)Nc3ccc(F)cc3)CC2)cc1. The van der Waals surface area contributed by atoms with E-state index in [0.29, 0.717) is 37.4 Å². The smallest absolute Gasteiger partial charge is 0.246 e. The highest BCUT2D eigenvalue weighted by Crippen LogP contribution is 2.10. The fourth-order valence-electron chi connectivity index (χ4n) is 3.00. The number of amides is 2. The van der Waals surface area contributed by atoms with E-state index in [9.17, 15) is 14.0 Å². The molecule has 0 unspecified atom stereocenters. The van der Waals surface area contributed by atoms with Crippen molar-refractivity contribution in [2.45, 2.75) is 0 Å². The van der Waals surface area contributed by atoms with Gasteiger partial charge in [0.05, 0.1) is 18.2 Å². The molecule has 2 aromatic rings. The monoisotopic (exact) mass is 392 g/mol. The van der Waals surface area contributed by atoms with E-state index in [-0.39, 0.29) is 24.2 Å². The first-order valence-corrected chi connectivity index (χ1v) is 9.28. The summed E-state index contributed by atoms with van der Waals surface area (Å²) in [5.41, 5.74) is 1.99. The lowest BCUT2D eigenvalue weighted by atomic mass is 10.1. The molecule has 148 valence electrons. The summed E-state index contributed by atoms with van der Waals surface area (Å²) >= 11 is 0. The average Bonchev–Trinajstić information content (AvgIpc) is 2.74. The third-order valence-corrected chi connectivity index (χ3v) is 4.64. The van der Waals surface area contributed by atoms with Crippen LogP contribution in [-0.4, -0.2) is 54.3 Å². The summed E-state index contributed by atoms with van der Waals surface area (Å²) in [5, 5.41) is 11.5. The zero-order chi connectivity index (χ0) is 20.6.